The van der Waals surface area contributed by atoms with Crippen LogP contribution >= 0.6 is 0 Å². The Hall–Kier alpha value is -3.68. The van der Waals surface area contributed by atoms with Crippen LogP contribution in [0.15, 0.2) is 46.9 Å². The Bertz CT molecular complexity index is 1040. The van der Waals surface area contributed by atoms with Crippen molar-refractivity contribution in [3.63, 3.8) is 0 Å². The van der Waals surface area contributed by atoms with E-state index in [2.05, 4.69) is 15.6 Å². The molecule has 0 atom stereocenters. The number of aromatic nitrogens is 1. The maximum absolute atomic E-state index is 12.6. The molecule has 0 aliphatic carbocycles. The van der Waals surface area contributed by atoms with Crippen LogP contribution in [0.5, 0.6) is 0 Å². The van der Waals surface area contributed by atoms with Crippen LogP contribution < -0.4 is 10.6 Å². The van der Waals surface area contributed by atoms with E-state index in [4.69, 9.17) is 9.15 Å². The predicted molar refractivity (Wildman–Crippen MR) is 102 cm³/mol. The van der Waals surface area contributed by atoms with Crippen LogP contribution in [-0.2, 0) is 9.53 Å². The van der Waals surface area contributed by atoms with Gasteiger partial charge in [-0.15, -0.1) is 0 Å². The number of fused-ring (bicyclic) bond motifs is 1. The van der Waals surface area contributed by atoms with Gasteiger partial charge in [0, 0.05) is 11.9 Å². The lowest BCUT2D eigenvalue weighted by molar-refractivity contribution is -0.123. The van der Waals surface area contributed by atoms with Crippen LogP contribution in [0.1, 0.15) is 23.0 Å². The number of pyridine rings is 1. The van der Waals surface area contributed by atoms with Crippen LogP contribution in [-0.4, -0.2) is 36.0 Å². The molecule has 0 bridgehead atoms. The van der Waals surface area contributed by atoms with E-state index >= 15 is 0 Å². The number of hydrogen-bond acceptors (Lipinski definition) is 6. The molecule has 1 aromatic carbocycles. The number of esters is 1. The Balaban J connectivity index is 1.83. The smallest absolute Gasteiger partial charge is 0.339 e. The van der Waals surface area contributed by atoms with Crippen LogP contribution in [0, 0.1) is 6.92 Å². The van der Waals surface area contributed by atoms with E-state index < -0.39 is 24.5 Å². The maximum atomic E-state index is 12.6. The second-order valence-corrected chi connectivity index (χ2v) is 5.97. The van der Waals surface area contributed by atoms with Gasteiger partial charge < -0.3 is 14.5 Å². The first kappa shape index (κ1) is 19.1. The molecule has 0 spiro atoms. The lowest BCUT2D eigenvalue weighted by atomic mass is 10.1. The Morgan fingerprint density at radius 1 is 1.14 bits per heavy atom. The summed E-state index contributed by atoms with van der Waals surface area (Å²) in [6.07, 6.45) is 0. The molecule has 3 aromatic rings. The summed E-state index contributed by atoms with van der Waals surface area (Å²) in [4.78, 5) is 40.2. The molecule has 3 rings (SSSR count). The molecule has 0 saturated heterocycles. The van der Waals surface area contributed by atoms with Gasteiger partial charge in [-0.2, -0.15) is 0 Å². The van der Waals surface area contributed by atoms with Crippen LogP contribution in [0.4, 0.5) is 4.79 Å². The summed E-state index contributed by atoms with van der Waals surface area (Å²) in [7, 11) is 0. The summed E-state index contributed by atoms with van der Waals surface area (Å²) in [6, 6.07) is 11.6. The Morgan fingerprint density at radius 3 is 2.64 bits per heavy atom. The molecule has 0 unspecified atom stereocenters. The Kier molecular flexibility index (Phi) is 5.69. The highest BCUT2D eigenvalue weighted by Crippen LogP contribution is 2.26. The number of para-hydroxylation sites is 1. The zero-order chi connectivity index (χ0) is 20.1. The number of carbonyl (C=O) groups excluding carboxylic acids is 3. The summed E-state index contributed by atoms with van der Waals surface area (Å²) in [5, 5.41) is 5.08. The van der Waals surface area contributed by atoms with E-state index in [0.29, 0.717) is 28.9 Å². The van der Waals surface area contributed by atoms with Crippen molar-refractivity contribution in [2.45, 2.75) is 13.8 Å². The Morgan fingerprint density at radius 2 is 1.93 bits per heavy atom. The summed E-state index contributed by atoms with van der Waals surface area (Å²) in [6.45, 7) is 3.32. The summed E-state index contributed by atoms with van der Waals surface area (Å²) >= 11 is 0. The first-order chi connectivity index (χ1) is 13.5. The third kappa shape index (κ3) is 4.35. The largest absolute Gasteiger partial charge is 0.460 e. The molecule has 0 aliphatic rings. The first-order valence-corrected chi connectivity index (χ1v) is 8.69. The number of amides is 3. The van der Waals surface area contributed by atoms with Gasteiger partial charge >= 0.3 is 12.0 Å². The maximum Gasteiger partial charge on any atom is 0.339 e. The summed E-state index contributed by atoms with van der Waals surface area (Å²) < 4.78 is 10.7. The second-order valence-electron chi connectivity index (χ2n) is 5.97. The minimum absolute atomic E-state index is 0.250. The highest BCUT2D eigenvalue weighted by atomic mass is 16.5. The number of nitrogens with one attached hydrogen (secondary N) is 2. The minimum atomic E-state index is -0.723. The molecule has 2 N–H and O–H groups in total. The number of hydrogen-bond donors (Lipinski definition) is 2. The standard InChI is InChI=1S/C20H19N3O5/c1-3-21-20(26)23-18(24)11-27-19(25)14-10-16(17-9-8-12(2)28-17)22-15-7-5-4-6-13(14)15/h4-10H,3,11H2,1-2H3,(H2,21,23,24,26). The molecule has 8 nitrogen and oxygen atoms in total. The minimum Gasteiger partial charge on any atom is -0.460 e. The number of benzene rings is 1. The molecule has 0 saturated carbocycles. The van der Waals surface area contributed by atoms with Gasteiger partial charge in [0.2, 0.25) is 0 Å². The molecule has 144 valence electrons. The normalized spacial score (nSPS) is 10.5. The van der Waals surface area contributed by atoms with Crippen LogP contribution in [0.3, 0.4) is 0 Å². The topological polar surface area (TPSA) is 111 Å². The monoisotopic (exact) mass is 381 g/mol. The zero-order valence-electron chi connectivity index (χ0n) is 15.4. The van der Waals surface area contributed by atoms with Crippen molar-refractivity contribution in [2.24, 2.45) is 0 Å². The van der Waals surface area contributed by atoms with Crippen LogP contribution in [0.2, 0.25) is 0 Å². The van der Waals surface area contributed by atoms with E-state index in [-0.39, 0.29) is 5.56 Å². The average molecular weight is 381 g/mol. The van der Waals surface area contributed by atoms with Crippen molar-refractivity contribution in [1.82, 2.24) is 15.6 Å². The first-order valence-electron chi connectivity index (χ1n) is 8.69. The molecule has 28 heavy (non-hydrogen) atoms. The molecule has 3 amide bonds. The molecule has 0 fully saturated rings. The van der Waals surface area contributed by atoms with E-state index in [9.17, 15) is 14.4 Å². The van der Waals surface area contributed by atoms with Crippen molar-refractivity contribution >= 4 is 28.8 Å². The SMILES string of the molecule is CCNC(=O)NC(=O)COC(=O)c1cc(-c2ccc(C)o2)nc2ccccc12. The van der Waals surface area contributed by atoms with Gasteiger partial charge in [-0.1, -0.05) is 18.2 Å². The summed E-state index contributed by atoms with van der Waals surface area (Å²) in [5.74, 6) is -0.184. The van der Waals surface area contributed by atoms with Gasteiger partial charge in [-0.05, 0) is 38.1 Å². The van der Waals surface area contributed by atoms with Crippen LogP contribution in [0.25, 0.3) is 22.4 Å². The average Bonchev–Trinajstić information content (AvgIpc) is 3.11. The number of furan rings is 1. The number of rotatable bonds is 5. The zero-order valence-corrected chi connectivity index (χ0v) is 15.4. The van der Waals surface area contributed by atoms with Gasteiger partial charge in [-0.3, -0.25) is 10.1 Å². The number of ether oxygens (including phenoxy) is 1. The number of nitrogens with zero attached hydrogens (tertiary/aromatic N) is 1. The second kappa shape index (κ2) is 8.34. The molecule has 2 aromatic heterocycles. The lowest BCUT2D eigenvalue weighted by Gasteiger charge is -2.09. The third-order valence-corrected chi connectivity index (χ3v) is 3.85. The Labute approximate surface area is 160 Å². The van der Waals surface area contributed by atoms with E-state index in [1.54, 1.807) is 49.4 Å². The third-order valence-electron chi connectivity index (χ3n) is 3.85. The molecular weight excluding hydrogens is 362 g/mol. The molecule has 8 heteroatoms. The van der Waals surface area contributed by atoms with Crippen molar-refractivity contribution in [2.75, 3.05) is 13.2 Å². The fourth-order valence-corrected chi connectivity index (χ4v) is 2.62. The number of aryl methyl sites for hydroxylation is 1. The summed E-state index contributed by atoms with van der Waals surface area (Å²) in [5.41, 5.74) is 1.32. The van der Waals surface area contributed by atoms with E-state index in [0.717, 1.165) is 5.76 Å². The predicted octanol–water partition coefficient (Wildman–Crippen LogP) is 2.81. The number of imide groups is 1. The highest BCUT2D eigenvalue weighted by molar-refractivity contribution is 6.05. The van der Waals surface area contributed by atoms with E-state index in [1.165, 1.54) is 0 Å². The lowest BCUT2D eigenvalue weighted by Crippen LogP contribution is -2.41. The van der Waals surface area contributed by atoms with Crippen molar-refractivity contribution in [3.8, 4) is 11.5 Å². The molecular formula is C20H19N3O5. The number of urea groups is 1. The van der Waals surface area contributed by atoms with Gasteiger partial charge in [0.05, 0.1) is 11.1 Å². The number of carbonyl (C=O) groups is 3. The fourth-order valence-electron chi connectivity index (χ4n) is 2.62. The van der Waals surface area contributed by atoms with E-state index in [1.807, 2.05) is 6.92 Å². The van der Waals surface area contributed by atoms with Gasteiger partial charge in [0.1, 0.15) is 11.5 Å². The highest BCUT2D eigenvalue weighted by Gasteiger charge is 2.18. The van der Waals surface area contributed by atoms with Crippen molar-refractivity contribution in [3.05, 3.63) is 53.8 Å². The molecule has 2 heterocycles. The van der Waals surface area contributed by atoms with Crippen molar-refractivity contribution in [1.29, 1.82) is 0 Å². The fraction of sp³-hybridized carbons (Fsp3) is 0.200. The van der Waals surface area contributed by atoms with Gasteiger partial charge in [-0.25, -0.2) is 14.6 Å². The van der Waals surface area contributed by atoms with Gasteiger partial charge in [0.15, 0.2) is 12.4 Å². The quantitative estimate of drug-likeness (QED) is 0.658. The molecule has 0 aliphatic heterocycles. The van der Waals surface area contributed by atoms with Crippen molar-refractivity contribution < 1.29 is 23.5 Å². The molecule has 0 radical (unpaired) electrons. The van der Waals surface area contributed by atoms with Gasteiger partial charge in [0.25, 0.3) is 5.91 Å².